The van der Waals surface area contributed by atoms with Crippen LogP contribution in [0, 0.1) is 5.92 Å². The zero-order chi connectivity index (χ0) is 11.8. The van der Waals surface area contributed by atoms with E-state index in [2.05, 4.69) is 30.7 Å². The Morgan fingerprint density at radius 1 is 0.812 bits per heavy atom. The molecule has 1 heterocycles. The second kappa shape index (κ2) is 6.72. The van der Waals surface area contributed by atoms with E-state index in [1.165, 1.54) is 0 Å². The molecule has 2 aromatic rings. The zero-order valence-electron chi connectivity index (χ0n) is 10.1. The minimum atomic E-state index is 0.776. The third kappa shape index (κ3) is 4.69. The highest BCUT2D eigenvalue weighted by atomic mass is 14.8. The fourth-order valence-electron chi connectivity index (χ4n) is 1.04. The molecule has 1 aromatic heterocycles. The van der Waals surface area contributed by atoms with Crippen molar-refractivity contribution in [2.45, 2.75) is 20.8 Å². The summed E-state index contributed by atoms with van der Waals surface area (Å²) in [6.45, 7) is 6.50. The molecule has 0 amide bonds. The van der Waals surface area contributed by atoms with Crippen LogP contribution in [0.3, 0.4) is 0 Å². The molecule has 0 radical (unpaired) electrons. The third-order valence-corrected chi connectivity index (χ3v) is 1.60. The predicted molar refractivity (Wildman–Crippen MR) is 68.0 cm³/mol. The summed E-state index contributed by atoms with van der Waals surface area (Å²) >= 11 is 0. The Bertz CT molecular complexity index is 342. The van der Waals surface area contributed by atoms with Crippen LogP contribution in [0.1, 0.15) is 20.8 Å². The van der Waals surface area contributed by atoms with Crippen molar-refractivity contribution in [3.63, 3.8) is 0 Å². The fourth-order valence-corrected chi connectivity index (χ4v) is 1.04. The first-order chi connectivity index (χ1) is 7.70. The molecule has 2 rings (SSSR count). The maximum Gasteiger partial charge on any atom is 0.159 e. The molecule has 0 aliphatic carbocycles. The van der Waals surface area contributed by atoms with Gasteiger partial charge in [0.05, 0.1) is 0 Å². The highest BCUT2D eigenvalue weighted by Gasteiger charge is 1.95. The van der Waals surface area contributed by atoms with Crippen molar-refractivity contribution in [3.8, 4) is 11.4 Å². The molecule has 0 spiro atoms. The van der Waals surface area contributed by atoms with Crippen LogP contribution in [0.25, 0.3) is 11.4 Å². The van der Waals surface area contributed by atoms with E-state index in [0.29, 0.717) is 0 Å². The van der Waals surface area contributed by atoms with Crippen LogP contribution in [0.2, 0.25) is 0 Å². The van der Waals surface area contributed by atoms with Crippen LogP contribution in [0.15, 0.2) is 48.8 Å². The fraction of sp³-hybridized carbons (Fsp3) is 0.286. The van der Waals surface area contributed by atoms with Gasteiger partial charge in [-0.3, -0.25) is 0 Å². The minimum absolute atomic E-state index is 0.776. The number of hydrogen-bond donors (Lipinski definition) is 0. The summed E-state index contributed by atoms with van der Waals surface area (Å²) < 4.78 is 0. The molecular formula is C14H18N2. The maximum absolute atomic E-state index is 4.14. The molecule has 2 nitrogen and oxygen atoms in total. The van der Waals surface area contributed by atoms with Gasteiger partial charge in [0.25, 0.3) is 0 Å². The first kappa shape index (κ1) is 12.4. The van der Waals surface area contributed by atoms with Gasteiger partial charge in [-0.15, -0.1) is 0 Å². The molecule has 0 atom stereocenters. The molecule has 0 saturated heterocycles. The monoisotopic (exact) mass is 214 g/mol. The van der Waals surface area contributed by atoms with Gasteiger partial charge in [0.2, 0.25) is 0 Å². The van der Waals surface area contributed by atoms with E-state index in [1.54, 1.807) is 12.4 Å². The topological polar surface area (TPSA) is 25.8 Å². The van der Waals surface area contributed by atoms with E-state index >= 15 is 0 Å². The molecule has 16 heavy (non-hydrogen) atoms. The van der Waals surface area contributed by atoms with Gasteiger partial charge in [0.1, 0.15) is 0 Å². The van der Waals surface area contributed by atoms with Gasteiger partial charge in [-0.05, 0) is 12.0 Å². The van der Waals surface area contributed by atoms with Crippen molar-refractivity contribution in [2.24, 2.45) is 5.92 Å². The molecule has 0 aliphatic heterocycles. The summed E-state index contributed by atoms with van der Waals surface area (Å²) in [4.78, 5) is 8.28. The van der Waals surface area contributed by atoms with Gasteiger partial charge in [-0.2, -0.15) is 0 Å². The quantitative estimate of drug-likeness (QED) is 0.721. The Labute approximate surface area is 97.4 Å². The first-order valence-electron chi connectivity index (χ1n) is 5.52. The highest BCUT2D eigenvalue weighted by Crippen LogP contribution is 2.11. The Balaban J connectivity index is 0.000000280. The predicted octanol–water partition coefficient (Wildman–Crippen LogP) is 3.81. The van der Waals surface area contributed by atoms with Crippen LogP contribution >= 0.6 is 0 Å². The van der Waals surface area contributed by atoms with E-state index in [1.807, 2.05) is 36.4 Å². The van der Waals surface area contributed by atoms with E-state index in [-0.39, 0.29) is 0 Å². The SMILES string of the molecule is CC(C)C.c1ccc(-c2ncccn2)cc1. The first-order valence-corrected chi connectivity index (χ1v) is 5.52. The Kier molecular flexibility index (Phi) is 5.20. The van der Waals surface area contributed by atoms with Crippen LogP contribution in [0.5, 0.6) is 0 Å². The summed E-state index contributed by atoms with van der Waals surface area (Å²) in [7, 11) is 0. The van der Waals surface area contributed by atoms with E-state index in [4.69, 9.17) is 0 Å². The number of rotatable bonds is 1. The normalized spacial score (nSPS) is 9.50. The third-order valence-electron chi connectivity index (χ3n) is 1.60. The summed E-state index contributed by atoms with van der Waals surface area (Å²) in [5.41, 5.74) is 1.05. The molecule has 0 bridgehead atoms. The molecule has 0 N–H and O–H groups in total. The maximum atomic E-state index is 4.14. The van der Waals surface area contributed by atoms with E-state index < -0.39 is 0 Å². The van der Waals surface area contributed by atoms with Gasteiger partial charge in [0, 0.05) is 18.0 Å². The standard InChI is InChI=1S/C10H8N2.C4H10/c1-2-5-9(6-3-1)10-11-7-4-8-12-10;1-4(2)3/h1-8H;4H,1-3H3. The van der Waals surface area contributed by atoms with Gasteiger partial charge in [-0.25, -0.2) is 9.97 Å². The van der Waals surface area contributed by atoms with Crippen molar-refractivity contribution in [1.82, 2.24) is 9.97 Å². The van der Waals surface area contributed by atoms with Gasteiger partial charge in [-0.1, -0.05) is 51.1 Å². The Morgan fingerprint density at radius 2 is 1.31 bits per heavy atom. The zero-order valence-corrected chi connectivity index (χ0v) is 10.1. The van der Waals surface area contributed by atoms with Gasteiger partial charge < -0.3 is 0 Å². The van der Waals surface area contributed by atoms with E-state index in [0.717, 1.165) is 17.3 Å². The lowest BCUT2D eigenvalue weighted by Gasteiger charge is -1.96. The summed E-state index contributed by atoms with van der Waals surface area (Å²) in [6.07, 6.45) is 3.49. The largest absolute Gasteiger partial charge is 0.237 e. The summed E-state index contributed by atoms with van der Waals surface area (Å²) in [6, 6.07) is 11.7. The molecule has 0 fully saturated rings. The molecule has 0 saturated carbocycles. The Morgan fingerprint density at radius 3 is 1.81 bits per heavy atom. The minimum Gasteiger partial charge on any atom is -0.237 e. The highest BCUT2D eigenvalue weighted by molar-refractivity contribution is 5.53. The molecule has 0 unspecified atom stereocenters. The summed E-state index contributed by atoms with van der Waals surface area (Å²) in [5.74, 6) is 1.61. The number of nitrogens with zero attached hydrogens (tertiary/aromatic N) is 2. The van der Waals surface area contributed by atoms with Crippen molar-refractivity contribution in [2.75, 3.05) is 0 Å². The lowest BCUT2D eigenvalue weighted by atomic mass is 10.2. The average molecular weight is 214 g/mol. The smallest absolute Gasteiger partial charge is 0.159 e. The molecule has 1 aromatic carbocycles. The second-order valence-corrected chi connectivity index (χ2v) is 4.17. The van der Waals surface area contributed by atoms with Crippen molar-refractivity contribution >= 4 is 0 Å². The van der Waals surface area contributed by atoms with Gasteiger partial charge in [0.15, 0.2) is 5.82 Å². The molecular weight excluding hydrogens is 196 g/mol. The van der Waals surface area contributed by atoms with Crippen molar-refractivity contribution in [3.05, 3.63) is 48.8 Å². The lowest BCUT2D eigenvalue weighted by molar-refractivity contribution is 0.737. The van der Waals surface area contributed by atoms with Crippen LogP contribution < -0.4 is 0 Å². The average Bonchev–Trinajstić information content (AvgIpc) is 2.31. The second-order valence-electron chi connectivity index (χ2n) is 4.17. The van der Waals surface area contributed by atoms with Crippen molar-refractivity contribution < 1.29 is 0 Å². The number of benzene rings is 1. The number of hydrogen-bond acceptors (Lipinski definition) is 2. The molecule has 84 valence electrons. The number of aromatic nitrogens is 2. The molecule has 2 heteroatoms. The van der Waals surface area contributed by atoms with Crippen LogP contribution in [-0.4, -0.2) is 9.97 Å². The van der Waals surface area contributed by atoms with Crippen LogP contribution in [0.4, 0.5) is 0 Å². The Hall–Kier alpha value is -1.70. The molecule has 0 aliphatic rings. The van der Waals surface area contributed by atoms with Crippen molar-refractivity contribution in [1.29, 1.82) is 0 Å². The summed E-state index contributed by atoms with van der Waals surface area (Å²) in [5, 5.41) is 0. The van der Waals surface area contributed by atoms with E-state index in [9.17, 15) is 0 Å². The lowest BCUT2D eigenvalue weighted by Crippen LogP contribution is -1.84. The van der Waals surface area contributed by atoms with Crippen LogP contribution in [-0.2, 0) is 0 Å². The van der Waals surface area contributed by atoms with Gasteiger partial charge >= 0.3 is 0 Å².